The molecule has 4 heteroatoms. The summed E-state index contributed by atoms with van der Waals surface area (Å²) >= 11 is 0. The van der Waals surface area contributed by atoms with E-state index >= 15 is 0 Å². The molecule has 2 heterocycles. The highest BCUT2D eigenvalue weighted by Gasteiger charge is 2.25. The minimum absolute atomic E-state index is 0.672. The molecule has 0 radical (unpaired) electrons. The zero-order valence-electron chi connectivity index (χ0n) is 15.2. The van der Waals surface area contributed by atoms with E-state index in [1.165, 1.54) is 18.4 Å². The van der Waals surface area contributed by atoms with Gasteiger partial charge in [-0.15, -0.1) is 0 Å². The average Bonchev–Trinajstić information content (AvgIpc) is 2.69. The summed E-state index contributed by atoms with van der Waals surface area (Å²) in [5, 5.41) is 0. The molecule has 26 heavy (non-hydrogen) atoms. The molecule has 4 rings (SSSR count). The second-order valence-corrected chi connectivity index (χ2v) is 7.22. The maximum absolute atomic E-state index is 6.21. The molecule has 0 atom stereocenters. The standard InChI is InChI=1S/C22H27N3O/c1-17(25-14-15-26-21-9-5-8-20(23)22(21)25)16-24-12-10-19(11-13-24)18-6-3-2-4-7-18/h2-9,19H,1,10-16,23H2. The number of likely N-dealkylation sites (tertiary alicyclic amines) is 1. The maximum atomic E-state index is 6.21. The topological polar surface area (TPSA) is 41.7 Å². The van der Waals surface area contributed by atoms with Crippen LogP contribution in [-0.4, -0.2) is 37.7 Å². The molecule has 2 aliphatic heterocycles. The number of anilines is 2. The van der Waals surface area contributed by atoms with Crippen LogP contribution < -0.4 is 15.4 Å². The van der Waals surface area contributed by atoms with Gasteiger partial charge in [-0.3, -0.25) is 4.90 Å². The summed E-state index contributed by atoms with van der Waals surface area (Å²) in [6.45, 7) is 8.95. The monoisotopic (exact) mass is 349 g/mol. The molecule has 2 aromatic rings. The highest BCUT2D eigenvalue weighted by molar-refractivity contribution is 5.77. The second kappa shape index (κ2) is 7.42. The lowest BCUT2D eigenvalue weighted by molar-refractivity contribution is 0.225. The number of hydrogen-bond donors (Lipinski definition) is 1. The molecule has 1 saturated heterocycles. The van der Waals surface area contributed by atoms with E-state index in [-0.39, 0.29) is 0 Å². The Morgan fingerprint density at radius 3 is 2.58 bits per heavy atom. The smallest absolute Gasteiger partial charge is 0.145 e. The highest BCUT2D eigenvalue weighted by atomic mass is 16.5. The third-order valence-corrected chi connectivity index (χ3v) is 5.52. The fraction of sp³-hybridized carbons (Fsp3) is 0.364. The van der Waals surface area contributed by atoms with Gasteiger partial charge in [0.1, 0.15) is 18.0 Å². The molecular formula is C22H27N3O. The number of nitrogen functional groups attached to an aromatic ring is 1. The lowest BCUT2D eigenvalue weighted by Crippen LogP contribution is -2.40. The number of para-hydroxylation sites is 1. The van der Waals surface area contributed by atoms with Crippen LogP contribution in [0.25, 0.3) is 0 Å². The van der Waals surface area contributed by atoms with Crippen LogP contribution in [0.4, 0.5) is 11.4 Å². The molecule has 0 amide bonds. The number of piperidine rings is 1. The van der Waals surface area contributed by atoms with Gasteiger partial charge in [0.05, 0.1) is 12.2 Å². The van der Waals surface area contributed by atoms with Gasteiger partial charge in [-0.1, -0.05) is 43.0 Å². The minimum Gasteiger partial charge on any atom is -0.489 e. The Hall–Kier alpha value is -2.46. The molecule has 0 unspecified atom stereocenters. The van der Waals surface area contributed by atoms with Gasteiger partial charge in [0.25, 0.3) is 0 Å². The molecule has 136 valence electrons. The number of fused-ring (bicyclic) bond motifs is 1. The van der Waals surface area contributed by atoms with E-state index in [2.05, 4.69) is 46.7 Å². The van der Waals surface area contributed by atoms with Crippen LogP contribution in [0.15, 0.2) is 60.8 Å². The van der Waals surface area contributed by atoms with E-state index in [1.807, 2.05) is 18.2 Å². The Bertz CT molecular complexity index is 766. The molecule has 0 saturated carbocycles. The van der Waals surface area contributed by atoms with Crippen LogP contribution >= 0.6 is 0 Å². The zero-order valence-corrected chi connectivity index (χ0v) is 15.2. The quantitative estimate of drug-likeness (QED) is 0.851. The van der Waals surface area contributed by atoms with Gasteiger partial charge in [-0.25, -0.2) is 0 Å². The van der Waals surface area contributed by atoms with Crippen molar-refractivity contribution in [2.24, 2.45) is 0 Å². The lowest BCUT2D eigenvalue weighted by Gasteiger charge is -2.37. The Morgan fingerprint density at radius 2 is 1.81 bits per heavy atom. The molecular weight excluding hydrogens is 322 g/mol. The molecule has 4 nitrogen and oxygen atoms in total. The van der Waals surface area contributed by atoms with Crippen molar-refractivity contribution in [3.8, 4) is 5.75 Å². The first-order valence-electron chi connectivity index (χ1n) is 9.46. The number of nitrogens with zero attached hydrogens (tertiary/aromatic N) is 2. The van der Waals surface area contributed by atoms with Crippen molar-refractivity contribution < 1.29 is 4.74 Å². The number of ether oxygens (including phenoxy) is 1. The number of rotatable bonds is 4. The van der Waals surface area contributed by atoms with Crippen molar-refractivity contribution in [2.45, 2.75) is 18.8 Å². The molecule has 2 N–H and O–H groups in total. The average molecular weight is 349 g/mol. The highest BCUT2D eigenvalue weighted by Crippen LogP contribution is 2.38. The Morgan fingerprint density at radius 1 is 1.04 bits per heavy atom. The van der Waals surface area contributed by atoms with Gasteiger partial charge in [0, 0.05) is 12.2 Å². The van der Waals surface area contributed by atoms with E-state index in [4.69, 9.17) is 10.5 Å². The van der Waals surface area contributed by atoms with E-state index in [1.54, 1.807) is 0 Å². The van der Waals surface area contributed by atoms with E-state index < -0.39 is 0 Å². The van der Waals surface area contributed by atoms with Gasteiger partial charge in [0.15, 0.2) is 0 Å². The lowest BCUT2D eigenvalue weighted by atomic mass is 9.89. The molecule has 0 aliphatic carbocycles. The normalized spacial score (nSPS) is 18.2. The Kier molecular flexibility index (Phi) is 4.85. The zero-order chi connectivity index (χ0) is 17.9. The predicted octanol–water partition coefficient (Wildman–Crippen LogP) is 3.86. The summed E-state index contributed by atoms with van der Waals surface area (Å²) in [5.74, 6) is 1.54. The first-order valence-corrected chi connectivity index (χ1v) is 9.46. The summed E-state index contributed by atoms with van der Waals surface area (Å²) in [7, 11) is 0. The summed E-state index contributed by atoms with van der Waals surface area (Å²) in [5.41, 5.74) is 10.5. The van der Waals surface area contributed by atoms with E-state index in [0.29, 0.717) is 12.5 Å². The summed E-state index contributed by atoms with van der Waals surface area (Å²) in [6, 6.07) is 16.7. The van der Waals surface area contributed by atoms with Crippen LogP contribution in [0.5, 0.6) is 5.75 Å². The van der Waals surface area contributed by atoms with Crippen molar-refractivity contribution in [3.63, 3.8) is 0 Å². The van der Waals surface area contributed by atoms with Crippen LogP contribution in [0.3, 0.4) is 0 Å². The van der Waals surface area contributed by atoms with Crippen LogP contribution in [-0.2, 0) is 0 Å². The second-order valence-electron chi connectivity index (χ2n) is 7.22. The van der Waals surface area contributed by atoms with Gasteiger partial charge in [-0.05, 0) is 49.5 Å². The largest absolute Gasteiger partial charge is 0.489 e. The molecule has 0 spiro atoms. The maximum Gasteiger partial charge on any atom is 0.145 e. The van der Waals surface area contributed by atoms with E-state index in [0.717, 1.165) is 49.0 Å². The molecule has 0 bridgehead atoms. The number of hydrogen-bond acceptors (Lipinski definition) is 4. The molecule has 1 fully saturated rings. The van der Waals surface area contributed by atoms with Gasteiger partial charge in [-0.2, -0.15) is 0 Å². The van der Waals surface area contributed by atoms with Gasteiger partial charge >= 0.3 is 0 Å². The van der Waals surface area contributed by atoms with Gasteiger partial charge < -0.3 is 15.4 Å². The van der Waals surface area contributed by atoms with Crippen molar-refractivity contribution in [1.29, 1.82) is 0 Å². The summed E-state index contributed by atoms with van der Waals surface area (Å²) in [6.07, 6.45) is 2.41. The molecule has 2 aliphatic rings. The SMILES string of the molecule is C=C(CN1CCC(c2ccccc2)CC1)N1CCOc2cccc(N)c21. The minimum atomic E-state index is 0.672. The predicted molar refractivity (Wildman–Crippen MR) is 108 cm³/mol. The third-order valence-electron chi connectivity index (χ3n) is 5.52. The van der Waals surface area contributed by atoms with Crippen molar-refractivity contribution >= 4 is 11.4 Å². The number of nitrogens with two attached hydrogens (primary N) is 1. The van der Waals surface area contributed by atoms with Crippen LogP contribution in [0.2, 0.25) is 0 Å². The Labute approximate surface area is 155 Å². The Balaban J connectivity index is 1.38. The van der Waals surface area contributed by atoms with Crippen LogP contribution in [0, 0.1) is 0 Å². The molecule has 0 aromatic heterocycles. The first kappa shape index (κ1) is 17.0. The van der Waals surface area contributed by atoms with Crippen molar-refractivity contribution in [2.75, 3.05) is 43.4 Å². The van der Waals surface area contributed by atoms with Gasteiger partial charge in [0.2, 0.25) is 0 Å². The summed E-state index contributed by atoms with van der Waals surface area (Å²) in [4.78, 5) is 4.74. The third kappa shape index (κ3) is 3.42. The summed E-state index contributed by atoms with van der Waals surface area (Å²) < 4.78 is 5.76. The van der Waals surface area contributed by atoms with Crippen LogP contribution in [0.1, 0.15) is 24.3 Å². The van der Waals surface area contributed by atoms with Crippen molar-refractivity contribution in [3.05, 3.63) is 66.4 Å². The molecule has 2 aromatic carbocycles. The fourth-order valence-corrected chi connectivity index (χ4v) is 4.11. The number of benzene rings is 2. The fourth-order valence-electron chi connectivity index (χ4n) is 4.11. The first-order chi connectivity index (χ1) is 12.7. The van der Waals surface area contributed by atoms with Crippen molar-refractivity contribution in [1.82, 2.24) is 4.90 Å². The van der Waals surface area contributed by atoms with E-state index in [9.17, 15) is 0 Å².